The second kappa shape index (κ2) is 6.09. The van der Waals surface area contributed by atoms with Gasteiger partial charge in [0, 0.05) is 36.5 Å². The van der Waals surface area contributed by atoms with E-state index >= 15 is 0 Å². The Labute approximate surface area is 127 Å². The van der Waals surface area contributed by atoms with Crippen molar-refractivity contribution in [3.63, 3.8) is 0 Å². The van der Waals surface area contributed by atoms with Crippen molar-refractivity contribution >= 4 is 26.0 Å². The van der Waals surface area contributed by atoms with Crippen LogP contribution >= 0.6 is 15.9 Å². The summed E-state index contributed by atoms with van der Waals surface area (Å²) in [5.41, 5.74) is 7.21. The zero-order valence-corrected chi connectivity index (χ0v) is 13.4. The lowest BCUT2D eigenvalue weighted by Crippen LogP contribution is -2.22. The minimum Gasteiger partial charge on any atom is -0.352 e. The summed E-state index contributed by atoms with van der Waals surface area (Å²) < 4.78 is 29.6. The number of halogens is 1. The zero-order valence-electron chi connectivity index (χ0n) is 11.0. The number of hydrogen-bond donors (Lipinski definition) is 2. The lowest BCUT2D eigenvalue weighted by molar-refractivity contribution is 0.581. The summed E-state index contributed by atoms with van der Waals surface area (Å²) in [7, 11) is -1.74. The molecule has 5 nitrogen and oxygen atoms in total. The average molecular weight is 358 g/mol. The van der Waals surface area contributed by atoms with Gasteiger partial charge in [0.2, 0.25) is 10.0 Å². The van der Waals surface area contributed by atoms with Gasteiger partial charge in [-0.3, -0.25) is 0 Å². The van der Waals surface area contributed by atoms with E-state index in [4.69, 9.17) is 5.73 Å². The molecule has 0 unspecified atom stereocenters. The van der Waals surface area contributed by atoms with Crippen molar-refractivity contribution in [1.82, 2.24) is 9.29 Å². The van der Waals surface area contributed by atoms with E-state index < -0.39 is 10.0 Å². The minimum absolute atomic E-state index is 0.234. The highest BCUT2D eigenvalue weighted by atomic mass is 79.9. The fourth-order valence-electron chi connectivity index (χ4n) is 1.79. The van der Waals surface area contributed by atoms with Crippen molar-refractivity contribution in [2.75, 3.05) is 0 Å². The highest BCUT2D eigenvalue weighted by molar-refractivity contribution is 9.10. The van der Waals surface area contributed by atoms with Gasteiger partial charge in [-0.15, -0.1) is 0 Å². The summed E-state index contributed by atoms with van der Waals surface area (Å²) in [4.78, 5) is 0.234. The number of nitrogens with two attached hydrogens (primary N) is 1. The largest absolute Gasteiger partial charge is 0.352 e. The van der Waals surface area contributed by atoms with E-state index in [1.165, 1.54) is 0 Å². The molecule has 0 amide bonds. The number of benzene rings is 1. The molecule has 1 aromatic heterocycles. The van der Waals surface area contributed by atoms with Gasteiger partial charge >= 0.3 is 0 Å². The van der Waals surface area contributed by atoms with Crippen LogP contribution in [0, 0.1) is 0 Å². The van der Waals surface area contributed by atoms with Crippen LogP contribution in [0.15, 0.2) is 45.9 Å². The maximum atomic E-state index is 12.2. The summed E-state index contributed by atoms with van der Waals surface area (Å²) in [6.07, 6.45) is 1.56. The second-order valence-corrected chi connectivity index (χ2v) is 7.12. The Bertz CT molecular complexity index is 693. The number of aromatic nitrogens is 1. The maximum absolute atomic E-state index is 12.2. The van der Waals surface area contributed by atoms with Gasteiger partial charge in [0.1, 0.15) is 0 Å². The molecule has 2 rings (SSSR count). The van der Waals surface area contributed by atoms with Crippen molar-refractivity contribution < 1.29 is 8.42 Å². The molecular formula is C13H16BrN3O2S. The molecule has 20 heavy (non-hydrogen) atoms. The Kier molecular flexibility index (Phi) is 4.64. The zero-order chi connectivity index (χ0) is 14.8. The van der Waals surface area contributed by atoms with Crippen molar-refractivity contribution in [2.45, 2.75) is 18.0 Å². The standard InChI is InChI=1S/C13H16BrN3O2S/c1-17-9-13(6-12(17)7-15)20(18,19)16-8-10-2-4-11(14)5-3-10/h2-6,9,16H,7-8,15H2,1H3. The number of nitrogens with zero attached hydrogens (tertiary/aromatic N) is 1. The van der Waals surface area contributed by atoms with Gasteiger partial charge in [0.05, 0.1) is 4.90 Å². The van der Waals surface area contributed by atoms with Crippen LogP contribution in [-0.4, -0.2) is 13.0 Å². The Morgan fingerprint density at radius 1 is 1.30 bits per heavy atom. The molecule has 1 aromatic carbocycles. The van der Waals surface area contributed by atoms with Crippen LogP contribution in [0.2, 0.25) is 0 Å². The molecule has 0 spiro atoms. The van der Waals surface area contributed by atoms with E-state index in [1.807, 2.05) is 24.3 Å². The molecule has 0 aliphatic rings. The Morgan fingerprint density at radius 2 is 1.95 bits per heavy atom. The second-order valence-electron chi connectivity index (χ2n) is 4.43. The molecule has 0 aliphatic heterocycles. The molecule has 0 aliphatic carbocycles. The maximum Gasteiger partial charge on any atom is 0.242 e. The van der Waals surface area contributed by atoms with Crippen LogP contribution < -0.4 is 10.5 Å². The van der Waals surface area contributed by atoms with Crippen LogP contribution in [0.3, 0.4) is 0 Å². The van der Waals surface area contributed by atoms with Crippen molar-refractivity contribution in [2.24, 2.45) is 12.8 Å². The fourth-order valence-corrected chi connectivity index (χ4v) is 3.17. The highest BCUT2D eigenvalue weighted by Crippen LogP contribution is 2.14. The van der Waals surface area contributed by atoms with Gasteiger partial charge in [0.15, 0.2) is 0 Å². The van der Waals surface area contributed by atoms with Gasteiger partial charge in [-0.2, -0.15) is 0 Å². The monoisotopic (exact) mass is 357 g/mol. The van der Waals surface area contributed by atoms with Crippen LogP contribution in [0.4, 0.5) is 0 Å². The molecule has 0 radical (unpaired) electrons. The van der Waals surface area contributed by atoms with Gasteiger partial charge in [-0.25, -0.2) is 13.1 Å². The highest BCUT2D eigenvalue weighted by Gasteiger charge is 2.16. The van der Waals surface area contributed by atoms with E-state index in [9.17, 15) is 8.42 Å². The van der Waals surface area contributed by atoms with E-state index in [2.05, 4.69) is 20.7 Å². The normalized spacial score (nSPS) is 11.8. The van der Waals surface area contributed by atoms with E-state index in [0.717, 1.165) is 15.7 Å². The predicted molar refractivity (Wildman–Crippen MR) is 81.5 cm³/mol. The number of rotatable bonds is 5. The molecule has 3 N–H and O–H groups in total. The summed E-state index contributed by atoms with van der Waals surface area (Å²) in [5, 5.41) is 0. The molecule has 0 fully saturated rings. The van der Waals surface area contributed by atoms with Gasteiger partial charge in [0.25, 0.3) is 0 Å². The third-order valence-corrected chi connectivity index (χ3v) is 4.88. The van der Waals surface area contributed by atoms with E-state index in [0.29, 0.717) is 6.54 Å². The number of hydrogen-bond acceptors (Lipinski definition) is 3. The first kappa shape index (κ1) is 15.2. The average Bonchev–Trinajstić information content (AvgIpc) is 2.80. The van der Waals surface area contributed by atoms with Gasteiger partial charge < -0.3 is 10.3 Å². The molecular weight excluding hydrogens is 342 g/mol. The van der Waals surface area contributed by atoms with Gasteiger partial charge in [-0.05, 0) is 23.8 Å². The fraction of sp³-hybridized carbons (Fsp3) is 0.231. The molecule has 7 heteroatoms. The molecule has 0 atom stereocenters. The smallest absolute Gasteiger partial charge is 0.242 e. The quantitative estimate of drug-likeness (QED) is 0.855. The molecule has 0 bridgehead atoms. The molecule has 108 valence electrons. The Morgan fingerprint density at radius 3 is 2.50 bits per heavy atom. The van der Waals surface area contributed by atoms with Crippen LogP contribution in [0.5, 0.6) is 0 Å². The first-order chi connectivity index (χ1) is 9.42. The van der Waals surface area contributed by atoms with Crippen molar-refractivity contribution in [3.05, 3.63) is 52.3 Å². The predicted octanol–water partition coefficient (Wildman–Crippen LogP) is 1.72. The number of aryl methyl sites for hydroxylation is 1. The first-order valence-corrected chi connectivity index (χ1v) is 8.29. The SMILES string of the molecule is Cn1cc(S(=O)(=O)NCc2ccc(Br)cc2)cc1CN. The topological polar surface area (TPSA) is 77.1 Å². The van der Waals surface area contributed by atoms with Gasteiger partial charge in [-0.1, -0.05) is 28.1 Å². The Hall–Kier alpha value is -1.15. The van der Waals surface area contributed by atoms with Crippen LogP contribution in [0.1, 0.15) is 11.3 Å². The molecule has 0 saturated heterocycles. The summed E-state index contributed by atoms with van der Waals surface area (Å²) in [6, 6.07) is 9.06. The number of sulfonamides is 1. The Balaban J connectivity index is 2.12. The summed E-state index contributed by atoms with van der Waals surface area (Å²) >= 11 is 3.34. The van der Waals surface area contributed by atoms with E-state index in [-0.39, 0.29) is 11.4 Å². The van der Waals surface area contributed by atoms with Crippen LogP contribution in [-0.2, 0) is 30.2 Å². The van der Waals surface area contributed by atoms with Crippen molar-refractivity contribution in [3.8, 4) is 0 Å². The van der Waals surface area contributed by atoms with Crippen LogP contribution in [0.25, 0.3) is 0 Å². The molecule has 2 aromatic rings. The lowest BCUT2D eigenvalue weighted by Gasteiger charge is -2.05. The van der Waals surface area contributed by atoms with Crippen molar-refractivity contribution in [1.29, 1.82) is 0 Å². The molecule has 1 heterocycles. The number of nitrogens with one attached hydrogen (secondary N) is 1. The third kappa shape index (κ3) is 3.49. The third-order valence-electron chi connectivity index (χ3n) is 2.98. The summed E-state index contributed by atoms with van der Waals surface area (Å²) in [6.45, 7) is 0.557. The first-order valence-electron chi connectivity index (χ1n) is 6.02. The lowest BCUT2D eigenvalue weighted by atomic mass is 10.2. The van der Waals surface area contributed by atoms with E-state index in [1.54, 1.807) is 23.9 Å². The minimum atomic E-state index is -3.52. The summed E-state index contributed by atoms with van der Waals surface area (Å²) in [5.74, 6) is 0. The molecule has 0 saturated carbocycles.